The summed E-state index contributed by atoms with van der Waals surface area (Å²) in [6.07, 6.45) is 6.96. The molecule has 4 atom stereocenters. The summed E-state index contributed by atoms with van der Waals surface area (Å²) in [7, 11) is 0. The molecule has 0 spiro atoms. The summed E-state index contributed by atoms with van der Waals surface area (Å²) >= 11 is 0. The van der Waals surface area contributed by atoms with E-state index in [-0.39, 0.29) is 16.6 Å². The molecule has 0 heterocycles. The Balaban J connectivity index is 2.15. The average molecular weight is 222 g/mol. The van der Waals surface area contributed by atoms with E-state index in [1.165, 1.54) is 12.8 Å². The van der Waals surface area contributed by atoms with Crippen molar-refractivity contribution in [1.29, 1.82) is 0 Å². The monoisotopic (exact) mass is 222 g/mol. The highest BCUT2D eigenvalue weighted by atomic mass is 16.3. The Hall–Kier alpha value is -0.370. The van der Waals surface area contributed by atoms with E-state index in [0.29, 0.717) is 12.3 Å². The highest BCUT2D eigenvalue weighted by Gasteiger charge is 2.70. The Morgan fingerprint density at radius 1 is 1.25 bits per heavy atom. The van der Waals surface area contributed by atoms with E-state index in [4.69, 9.17) is 0 Å². The fourth-order valence-corrected chi connectivity index (χ4v) is 5.50. The van der Waals surface area contributed by atoms with Crippen molar-refractivity contribution in [2.24, 2.45) is 16.7 Å². The van der Waals surface area contributed by atoms with Crippen LogP contribution in [0, 0.1) is 16.7 Å². The molecule has 90 valence electrons. The van der Waals surface area contributed by atoms with Gasteiger partial charge >= 0.3 is 0 Å². The minimum atomic E-state index is -0.746. The van der Waals surface area contributed by atoms with Crippen molar-refractivity contribution in [1.82, 2.24) is 0 Å². The summed E-state index contributed by atoms with van der Waals surface area (Å²) in [5, 5.41) is 10.8. The lowest BCUT2D eigenvalue weighted by atomic mass is 9.51. The van der Waals surface area contributed by atoms with Crippen LogP contribution in [0.2, 0.25) is 0 Å². The van der Waals surface area contributed by atoms with Gasteiger partial charge in [0.25, 0.3) is 0 Å². The number of ketones is 1. The van der Waals surface area contributed by atoms with Gasteiger partial charge in [-0.05, 0) is 43.9 Å². The molecule has 0 bridgehead atoms. The van der Waals surface area contributed by atoms with E-state index in [9.17, 15) is 9.90 Å². The molecule has 3 aliphatic carbocycles. The zero-order chi connectivity index (χ0) is 11.6. The number of hydrogen-bond donors (Lipinski definition) is 1. The third-order valence-electron chi connectivity index (χ3n) is 6.21. The van der Waals surface area contributed by atoms with Crippen molar-refractivity contribution in [2.45, 2.75) is 64.4 Å². The highest BCUT2D eigenvalue weighted by Crippen LogP contribution is 2.73. The van der Waals surface area contributed by atoms with E-state index in [0.717, 1.165) is 25.7 Å². The van der Waals surface area contributed by atoms with Crippen LogP contribution in [-0.2, 0) is 4.79 Å². The number of carbonyl (C=O) groups is 1. The van der Waals surface area contributed by atoms with Crippen molar-refractivity contribution < 1.29 is 9.90 Å². The maximum absolute atomic E-state index is 11.9. The molecule has 2 unspecified atom stereocenters. The molecule has 0 aromatic rings. The van der Waals surface area contributed by atoms with Crippen LogP contribution in [0.25, 0.3) is 0 Å². The number of carbonyl (C=O) groups excluding carboxylic acids is 1. The van der Waals surface area contributed by atoms with Crippen LogP contribution >= 0.6 is 0 Å². The van der Waals surface area contributed by atoms with E-state index >= 15 is 0 Å². The minimum absolute atomic E-state index is 0.0628. The van der Waals surface area contributed by atoms with Gasteiger partial charge in [0.2, 0.25) is 0 Å². The van der Waals surface area contributed by atoms with Gasteiger partial charge in [-0.2, -0.15) is 0 Å². The number of rotatable bonds is 0. The predicted octanol–water partition coefficient (Wildman–Crippen LogP) is 2.69. The van der Waals surface area contributed by atoms with Crippen LogP contribution in [0.5, 0.6) is 0 Å². The fraction of sp³-hybridized carbons (Fsp3) is 0.929. The first kappa shape index (κ1) is 10.8. The van der Waals surface area contributed by atoms with Gasteiger partial charge in [0.15, 0.2) is 0 Å². The van der Waals surface area contributed by atoms with Crippen molar-refractivity contribution in [3.63, 3.8) is 0 Å². The quantitative estimate of drug-likeness (QED) is 0.684. The summed E-state index contributed by atoms with van der Waals surface area (Å²) in [6.45, 7) is 4.21. The summed E-state index contributed by atoms with van der Waals surface area (Å²) in [5.74, 6) is 0.905. The maximum Gasteiger partial charge on any atom is 0.136 e. The summed E-state index contributed by atoms with van der Waals surface area (Å²) in [4.78, 5) is 11.9. The van der Waals surface area contributed by atoms with Crippen LogP contribution < -0.4 is 0 Å². The van der Waals surface area contributed by atoms with Crippen LogP contribution in [0.15, 0.2) is 0 Å². The third kappa shape index (κ3) is 0.958. The first-order chi connectivity index (χ1) is 7.44. The lowest BCUT2D eigenvalue weighted by Crippen LogP contribution is -2.57. The lowest BCUT2D eigenvalue weighted by molar-refractivity contribution is -0.169. The second-order valence-electron chi connectivity index (χ2n) is 6.70. The number of aliphatic hydroxyl groups is 1. The van der Waals surface area contributed by atoms with Gasteiger partial charge in [-0.3, -0.25) is 4.79 Å². The first-order valence-electron chi connectivity index (χ1n) is 6.68. The average Bonchev–Trinajstić information content (AvgIpc) is 2.64. The molecule has 16 heavy (non-hydrogen) atoms. The van der Waals surface area contributed by atoms with Gasteiger partial charge in [-0.15, -0.1) is 0 Å². The molecule has 2 nitrogen and oxygen atoms in total. The normalized spacial score (nSPS) is 56.2. The van der Waals surface area contributed by atoms with Gasteiger partial charge in [-0.25, -0.2) is 0 Å². The molecular formula is C14H22O2. The molecule has 2 heteroatoms. The molecule has 0 saturated heterocycles. The van der Waals surface area contributed by atoms with Gasteiger partial charge in [0, 0.05) is 18.3 Å². The second kappa shape index (κ2) is 2.90. The lowest BCUT2D eigenvalue weighted by Gasteiger charge is -2.55. The maximum atomic E-state index is 11.9. The van der Waals surface area contributed by atoms with E-state index in [2.05, 4.69) is 6.92 Å². The van der Waals surface area contributed by atoms with E-state index in [1.54, 1.807) is 0 Å². The van der Waals surface area contributed by atoms with Crippen molar-refractivity contribution in [2.75, 3.05) is 0 Å². The molecule has 0 radical (unpaired) electrons. The Kier molecular flexibility index (Phi) is 1.95. The molecule has 1 N–H and O–H groups in total. The second-order valence-corrected chi connectivity index (χ2v) is 6.70. The Morgan fingerprint density at radius 3 is 2.75 bits per heavy atom. The van der Waals surface area contributed by atoms with Crippen LogP contribution in [0.3, 0.4) is 0 Å². The smallest absolute Gasteiger partial charge is 0.136 e. The summed E-state index contributed by atoms with van der Waals surface area (Å²) in [5.41, 5.74) is -0.539. The molecule has 3 fully saturated rings. The molecular weight excluding hydrogens is 200 g/mol. The van der Waals surface area contributed by atoms with Crippen molar-refractivity contribution in [3.05, 3.63) is 0 Å². The highest BCUT2D eigenvalue weighted by molar-refractivity contribution is 5.82. The van der Waals surface area contributed by atoms with E-state index < -0.39 is 5.60 Å². The minimum Gasteiger partial charge on any atom is -0.389 e. The zero-order valence-corrected chi connectivity index (χ0v) is 10.4. The van der Waals surface area contributed by atoms with Gasteiger partial charge in [0.1, 0.15) is 5.78 Å². The van der Waals surface area contributed by atoms with Crippen LogP contribution in [0.1, 0.15) is 58.8 Å². The van der Waals surface area contributed by atoms with Crippen molar-refractivity contribution >= 4 is 5.78 Å². The number of Topliss-reactive ketones (excluding diaryl/α,β-unsaturated/α-hetero) is 1. The fourth-order valence-electron chi connectivity index (χ4n) is 5.50. The number of hydrogen-bond acceptors (Lipinski definition) is 2. The van der Waals surface area contributed by atoms with Crippen LogP contribution in [-0.4, -0.2) is 16.5 Å². The standard InChI is InChI=1S/C14H22O2/c1-10-4-7-14-6-3-5-13(10,14)9-11(15)8-12(14,2)16/h10,16H,3-9H2,1-2H3/t10?,12?,13-,14-/m0/s1. The van der Waals surface area contributed by atoms with Gasteiger partial charge in [0.05, 0.1) is 5.60 Å². The third-order valence-corrected chi connectivity index (χ3v) is 6.21. The summed E-state index contributed by atoms with van der Waals surface area (Å²) < 4.78 is 0. The molecule has 3 aliphatic rings. The Bertz CT molecular complexity index is 347. The Labute approximate surface area is 97.4 Å². The van der Waals surface area contributed by atoms with Crippen LogP contribution in [0.4, 0.5) is 0 Å². The topological polar surface area (TPSA) is 37.3 Å². The van der Waals surface area contributed by atoms with Crippen molar-refractivity contribution in [3.8, 4) is 0 Å². The zero-order valence-electron chi connectivity index (χ0n) is 10.4. The first-order valence-corrected chi connectivity index (χ1v) is 6.68. The molecule has 0 amide bonds. The molecule has 0 aliphatic heterocycles. The molecule has 0 aromatic heterocycles. The molecule has 3 rings (SSSR count). The largest absolute Gasteiger partial charge is 0.389 e. The van der Waals surface area contributed by atoms with E-state index in [1.807, 2.05) is 6.92 Å². The molecule has 0 aromatic carbocycles. The SMILES string of the molecule is CC1CC[C@]23CCC[C@]12CC(=O)CC3(C)O. The van der Waals surface area contributed by atoms with Gasteiger partial charge in [-0.1, -0.05) is 13.3 Å². The molecule has 3 saturated carbocycles. The Morgan fingerprint density at radius 2 is 2.00 bits per heavy atom. The summed E-state index contributed by atoms with van der Waals surface area (Å²) in [6, 6.07) is 0. The predicted molar refractivity (Wildman–Crippen MR) is 62.0 cm³/mol. The van der Waals surface area contributed by atoms with Gasteiger partial charge < -0.3 is 5.11 Å².